The number of hydrogen-bond acceptors (Lipinski definition) is 6. The van der Waals surface area contributed by atoms with Crippen molar-refractivity contribution < 1.29 is 14.7 Å². The zero-order valence-corrected chi connectivity index (χ0v) is 29.4. The van der Waals surface area contributed by atoms with Crippen LogP contribution in [0.4, 0.5) is 0 Å². The van der Waals surface area contributed by atoms with Crippen molar-refractivity contribution in [3.8, 4) is 0 Å². The van der Waals surface area contributed by atoms with E-state index in [1.807, 2.05) is 55.5 Å². The molecule has 46 heavy (non-hydrogen) atoms. The number of thiophene rings is 2. The third-order valence-electron chi connectivity index (χ3n) is 8.27. The predicted octanol–water partition coefficient (Wildman–Crippen LogP) is 7.69. The molecular formula is C37H46ClN3O3S2. The van der Waals surface area contributed by atoms with E-state index in [0.29, 0.717) is 6.54 Å². The van der Waals surface area contributed by atoms with Gasteiger partial charge in [-0.2, -0.15) is 0 Å². The Morgan fingerprint density at radius 2 is 1.57 bits per heavy atom. The minimum absolute atomic E-state index is 0. The average molecular weight is 680 g/mol. The highest BCUT2D eigenvalue weighted by Crippen LogP contribution is 2.35. The number of aliphatic carboxylic acids is 1. The topological polar surface area (TPSA) is 95.7 Å². The Morgan fingerprint density at radius 3 is 2.09 bits per heavy atom. The Balaban J connectivity index is 0.000000251. The molecule has 2 atom stereocenters. The van der Waals surface area contributed by atoms with Crippen LogP contribution in [0.5, 0.6) is 0 Å². The molecule has 0 radical (unpaired) electrons. The van der Waals surface area contributed by atoms with Crippen molar-refractivity contribution in [1.82, 2.24) is 10.2 Å². The smallest absolute Gasteiger partial charge is 0.307 e. The molecule has 0 bridgehead atoms. The van der Waals surface area contributed by atoms with E-state index in [0.717, 1.165) is 44.3 Å². The van der Waals surface area contributed by atoms with Crippen molar-refractivity contribution in [2.75, 3.05) is 26.2 Å². The second-order valence-electron chi connectivity index (χ2n) is 11.9. The first kappa shape index (κ1) is 37.2. The lowest BCUT2D eigenvalue weighted by atomic mass is 9.85. The van der Waals surface area contributed by atoms with Crippen molar-refractivity contribution in [2.45, 2.75) is 52.0 Å². The molecular weight excluding hydrogens is 634 g/mol. The summed E-state index contributed by atoms with van der Waals surface area (Å²) in [6.45, 7) is 9.01. The first-order valence-electron chi connectivity index (χ1n) is 15.5. The highest BCUT2D eigenvalue weighted by atomic mass is 35.5. The zero-order valence-electron chi connectivity index (χ0n) is 26.9. The molecule has 0 saturated carbocycles. The number of nitrogens with one attached hydrogen (secondary N) is 1. The van der Waals surface area contributed by atoms with Crippen LogP contribution in [0.2, 0.25) is 0 Å². The number of hydrogen-bond donors (Lipinski definition) is 3. The number of carboxylic acid groups (broad SMARTS) is 1. The molecule has 0 spiro atoms. The molecule has 9 heteroatoms. The maximum atomic E-state index is 11.8. The summed E-state index contributed by atoms with van der Waals surface area (Å²) in [6, 6.07) is 24.5. The van der Waals surface area contributed by atoms with Crippen LogP contribution in [-0.4, -0.2) is 48.1 Å². The predicted molar refractivity (Wildman–Crippen MR) is 195 cm³/mol. The molecule has 5 rings (SSSR count). The number of halogens is 1. The Morgan fingerprint density at radius 1 is 0.978 bits per heavy atom. The second-order valence-corrected chi connectivity index (χ2v) is 13.7. The van der Waals surface area contributed by atoms with Gasteiger partial charge in [0.05, 0.1) is 18.0 Å². The summed E-state index contributed by atoms with van der Waals surface area (Å²) in [6.07, 6.45) is 5.83. The fraction of sp³-hybridized carbons (Fsp3) is 0.351. The van der Waals surface area contributed by atoms with Gasteiger partial charge in [-0.15, -0.1) is 35.1 Å². The summed E-state index contributed by atoms with van der Waals surface area (Å²) in [4.78, 5) is 28.0. The molecule has 1 saturated heterocycles. The molecule has 4 N–H and O–H groups in total. The van der Waals surface area contributed by atoms with Crippen molar-refractivity contribution in [3.63, 3.8) is 0 Å². The number of nitrogens with zero attached hydrogens (tertiary/aromatic N) is 1. The van der Waals surface area contributed by atoms with Gasteiger partial charge >= 0.3 is 5.97 Å². The van der Waals surface area contributed by atoms with Crippen LogP contribution < -0.4 is 11.1 Å². The molecule has 3 heterocycles. The monoisotopic (exact) mass is 679 g/mol. The van der Waals surface area contributed by atoms with Crippen LogP contribution in [0, 0.1) is 19.8 Å². The molecule has 1 fully saturated rings. The molecule has 2 aromatic heterocycles. The van der Waals surface area contributed by atoms with Crippen LogP contribution in [0.15, 0.2) is 89.6 Å². The number of amides is 1. The summed E-state index contributed by atoms with van der Waals surface area (Å²) in [5, 5.41) is 16.6. The lowest BCUT2D eigenvalue weighted by molar-refractivity contribution is -0.143. The number of likely N-dealkylation sites (tertiary alicyclic amines) is 1. The van der Waals surface area contributed by atoms with Crippen molar-refractivity contribution >= 4 is 52.5 Å². The van der Waals surface area contributed by atoms with Gasteiger partial charge in [-0.1, -0.05) is 66.7 Å². The van der Waals surface area contributed by atoms with Crippen LogP contribution in [0.3, 0.4) is 0 Å². The van der Waals surface area contributed by atoms with Crippen molar-refractivity contribution in [3.05, 3.63) is 122 Å². The molecule has 0 aliphatic carbocycles. The fourth-order valence-corrected chi connectivity index (χ4v) is 7.84. The highest BCUT2D eigenvalue weighted by molar-refractivity contribution is 7.14. The van der Waals surface area contributed by atoms with E-state index in [1.165, 1.54) is 32.0 Å². The van der Waals surface area contributed by atoms with E-state index in [1.54, 1.807) is 22.7 Å². The van der Waals surface area contributed by atoms with Gasteiger partial charge in [-0.05, 0) is 98.1 Å². The molecule has 246 valence electrons. The van der Waals surface area contributed by atoms with Gasteiger partial charge in [-0.3, -0.25) is 9.59 Å². The van der Waals surface area contributed by atoms with E-state index in [4.69, 9.17) is 5.73 Å². The van der Waals surface area contributed by atoms with E-state index >= 15 is 0 Å². The van der Waals surface area contributed by atoms with Crippen LogP contribution in [0.25, 0.3) is 5.57 Å². The van der Waals surface area contributed by atoms with Crippen molar-refractivity contribution in [1.29, 1.82) is 0 Å². The van der Waals surface area contributed by atoms with E-state index < -0.39 is 11.5 Å². The second kappa shape index (κ2) is 18.2. The number of rotatable bonds is 11. The minimum Gasteiger partial charge on any atom is -0.481 e. The quantitative estimate of drug-likeness (QED) is 0.151. The maximum absolute atomic E-state index is 11.8. The largest absolute Gasteiger partial charge is 0.481 e. The lowest BCUT2D eigenvalue weighted by Crippen LogP contribution is -2.47. The minimum atomic E-state index is -0.649. The lowest BCUT2D eigenvalue weighted by Gasteiger charge is -2.31. The van der Waals surface area contributed by atoms with Gasteiger partial charge in [0, 0.05) is 28.4 Å². The number of benzene rings is 2. The Kier molecular flexibility index (Phi) is 14.7. The zero-order chi connectivity index (χ0) is 32.2. The van der Waals surface area contributed by atoms with Gasteiger partial charge in [0.25, 0.3) is 0 Å². The molecule has 1 amide bonds. The van der Waals surface area contributed by atoms with Gasteiger partial charge in [0.15, 0.2) is 0 Å². The molecule has 2 aromatic carbocycles. The van der Waals surface area contributed by atoms with E-state index in [-0.39, 0.29) is 30.8 Å². The van der Waals surface area contributed by atoms with Crippen LogP contribution in [-0.2, 0) is 21.5 Å². The molecule has 1 unspecified atom stereocenters. The summed E-state index contributed by atoms with van der Waals surface area (Å²) in [7, 11) is 0. The van der Waals surface area contributed by atoms with Crippen LogP contribution >= 0.6 is 35.1 Å². The van der Waals surface area contributed by atoms with E-state index in [9.17, 15) is 14.7 Å². The summed E-state index contributed by atoms with van der Waals surface area (Å²) in [5.74, 6) is -0.993. The Bertz CT molecular complexity index is 1510. The first-order valence-corrected chi connectivity index (χ1v) is 17.3. The first-order chi connectivity index (χ1) is 21.7. The number of carbonyl (C=O) groups excluding carboxylic acids is 1. The maximum Gasteiger partial charge on any atom is 0.307 e. The standard InChI is InChI=1S/C20H25NO2S2.C17H20N2O.ClH/c1-14-7-11-24-18(14)17(19-15(2)8-12-25-19)6-4-10-21-9-3-5-16(13-21)20(22)23;1-17(19-16(20)13-18,15-10-6-3-7-11-15)12-14-8-4-2-5-9-14;/h6-8,11-12,16H,3-5,9-10,13H2,1-2H3,(H,22,23);2-11H,12-13,18H2,1H3,(H,19,20);1H/t16-;;/m1../s1. The SMILES string of the molecule is CC(Cc1ccccc1)(NC(=O)CN)c1ccccc1.Cc1ccsc1C(=CCCN1CCC[C@@H](C(=O)O)C1)c1sccc1C.Cl. The molecule has 6 nitrogen and oxygen atoms in total. The van der Waals surface area contributed by atoms with Crippen LogP contribution in [0.1, 0.15) is 58.2 Å². The number of nitrogens with two attached hydrogens (primary N) is 1. The van der Waals surface area contributed by atoms with E-state index in [2.05, 4.69) is 65.2 Å². The molecule has 1 aliphatic heterocycles. The highest BCUT2D eigenvalue weighted by Gasteiger charge is 2.28. The average Bonchev–Trinajstić information content (AvgIpc) is 3.68. The van der Waals surface area contributed by atoms with Gasteiger partial charge in [-0.25, -0.2) is 0 Å². The number of aryl methyl sites for hydroxylation is 2. The third kappa shape index (κ3) is 10.4. The number of carboxylic acids is 1. The summed E-state index contributed by atoms with van der Waals surface area (Å²) >= 11 is 3.60. The normalized spacial score (nSPS) is 15.8. The Hall–Kier alpha value is -3.27. The number of carbonyl (C=O) groups is 2. The van der Waals surface area contributed by atoms with Gasteiger partial charge in [0.2, 0.25) is 5.91 Å². The van der Waals surface area contributed by atoms with Gasteiger partial charge < -0.3 is 21.1 Å². The van der Waals surface area contributed by atoms with Gasteiger partial charge in [0.1, 0.15) is 0 Å². The molecule has 4 aromatic rings. The summed E-state index contributed by atoms with van der Waals surface area (Å²) in [5.41, 5.74) is 11.2. The number of piperidine rings is 1. The molecule has 1 aliphatic rings. The Labute approximate surface area is 287 Å². The summed E-state index contributed by atoms with van der Waals surface area (Å²) < 4.78 is 0. The third-order valence-corrected chi connectivity index (χ3v) is 10.4. The van der Waals surface area contributed by atoms with Crippen molar-refractivity contribution in [2.24, 2.45) is 11.7 Å². The fourth-order valence-electron chi connectivity index (χ4n) is 5.82.